The van der Waals surface area contributed by atoms with Crippen LogP contribution >= 0.6 is 0 Å². The Kier molecular flexibility index (Phi) is 3.15. The summed E-state index contributed by atoms with van der Waals surface area (Å²) in [7, 11) is 0. The molecule has 0 saturated carbocycles. The van der Waals surface area contributed by atoms with Gasteiger partial charge in [-0.2, -0.15) is 0 Å². The molecule has 0 aliphatic heterocycles. The van der Waals surface area contributed by atoms with Gasteiger partial charge in [-0.05, 0) is 12.1 Å². The molecule has 0 spiro atoms. The molecule has 86 valence electrons. The van der Waals surface area contributed by atoms with Crippen molar-refractivity contribution in [1.29, 1.82) is 0 Å². The second-order valence-corrected chi connectivity index (χ2v) is 3.19. The molecule has 0 aliphatic carbocycles. The minimum absolute atomic E-state index is 0.00166. The molecular formula is C11H10N4O2. The molecule has 0 atom stereocenters. The number of hydrogen-bond acceptors (Lipinski definition) is 4. The maximum atomic E-state index is 11.5. The van der Waals surface area contributed by atoms with E-state index in [-0.39, 0.29) is 5.75 Å². The number of amides is 2. The third-order valence-electron chi connectivity index (χ3n) is 1.96. The predicted molar refractivity (Wildman–Crippen MR) is 62.8 cm³/mol. The molecular weight excluding hydrogens is 220 g/mol. The van der Waals surface area contributed by atoms with Gasteiger partial charge in [-0.15, -0.1) is 0 Å². The standard InChI is InChI=1S/C11H10N4O2/c16-9-4-2-1-3-8(9)14-11(17)15-10-7-12-5-6-13-10/h1-7,16H,(H2,13,14,15,17). The van der Waals surface area contributed by atoms with Gasteiger partial charge in [-0.25, -0.2) is 9.78 Å². The molecule has 17 heavy (non-hydrogen) atoms. The number of nitrogens with one attached hydrogen (secondary N) is 2. The summed E-state index contributed by atoms with van der Waals surface area (Å²) in [5.74, 6) is 0.335. The van der Waals surface area contributed by atoms with Crippen LogP contribution in [0, 0.1) is 0 Å². The molecule has 0 radical (unpaired) electrons. The molecule has 0 fully saturated rings. The van der Waals surface area contributed by atoms with Crippen molar-refractivity contribution in [3.63, 3.8) is 0 Å². The van der Waals surface area contributed by atoms with Crippen LogP contribution in [0.1, 0.15) is 0 Å². The largest absolute Gasteiger partial charge is 0.506 e. The van der Waals surface area contributed by atoms with Crippen molar-refractivity contribution in [2.75, 3.05) is 10.6 Å². The fourth-order valence-electron chi connectivity index (χ4n) is 1.21. The van der Waals surface area contributed by atoms with E-state index < -0.39 is 6.03 Å². The summed E-state index contributed by atoms with van der Waals surface area (Å²) < 4.78 is 0. The molecule has 0 unspecified atom stereocenters. The Morgan fingerprint density at radius 1 is 1.18 bits per heavy atom. The van der Waals surface area contributed by atoms with Gasteiger partial charge < -0.3 is 10.4 Å². The maximum Gasteiger partial charge on any atom is 0.324 e. The molecule has 2 aromatic rings. The van der Waals surface area contributed by atoms with E-state index in [0.29, 0.717) is 11.5 Å². The van der Waals surface area contributed by atoms with Crippen LogP contribution in [0.5, 0.6) is 5.75 Å². The highest BCUT2D eigenvalue weighted by molar-refractivity contribution is 5.99. The number of carbonyl (C=O) groups excluding carboxylic acids is 1. The Balaban J connectivity index is 2.01. The Bertz CT molecular complexity index is 516. The zero-order valence-corrected chi connectivity index (χ0v) is 8.79. The van der Waals surface area contributed by atoms with Crippen molar-refractivity contribution in [3.8, 4) is 5.75 Å². The summed E-state index contributed by atoms with van der Waals surface area (Å²) in [5.41, 5.74) is 0.328. The number of para-hydroxylation sites is 2. The second kappa shape index (κ2) is 4.93. The molecule has 0 bridgehead atoms. The smallest absolute Gasteiger partial charge is 0.324 e. The van der Waals surface area contributed by atoms with Crippen LogP contribution in [0.3, 0.4) is 0 Å². The fourth-order valence-corrected chi connectivity index (χ4v) is 1.21. The van der Waals surface area contributed by atoms with Crippen molar-refractivity contribution in [1.82, 2.24) is 9.97 Å². The van der Waals surface area contributed by atoms with Crippen LogP contribution in [0.2, 0.25) is 0 Å². The summed E-state index contributed by atoms with van der Waals surface area (Å²) in [5, 5.41) is 14.4. The number of aromatic hydroxyl groups is 1. The number of aromatic nitrogens is 2. The van der Waals surface area contributed by atoms with E-state index in [4.69, 9.17) is 0 Å². The van der Waals surface area contributed by atoms with Gasteiger partial charge in [0.05, 0.1) is 11.9 Å². The molecule has 6 nitrogen and oxygen atoms in total. The Labute approximate surface area is 97.3 Å². The van der Waals surface area contributed by atoms with Crippen LogP contribution in [0.25, 0.3) is 0 Å². The first-order valence-corrected chi connectivity index (χ1v) is 4.88. The normalized spacial score (nSPS) is 9.65. The second-order valence-electron chi connectivity index (χ2n) is 3.19. The molecule has 1 heterocycles. The summed E-state index contributed by atoms with van der Waals surface area (Å²) in [6.45, 7) is 0. The van der Waals surface area contributed by atoms with E-state index in [1.807, 2.05) is 0 Å². The zero-order chi connectivity index (χ0) is 12.1. The molecule has 6 heteroatoms. The first-order chi connectivity index (χ1) is 8.25. The van der Waals surface area contributed by atoms with Crippen LogP contribution in [-0.4, -0.2) is 21.1 Å². The lowest BCUT2D eigenvalue weighted by atomic mass is 10.3. The van der Waals surface area contributed by atoms with E-state index in [2.05, 4.69) is 20.6 Å². The van der Waals surface area contributed by atoms with E-state index in [9.17, 15) is 9.90 Å². The molecule has 1 aromatic carbocycles. The Morgan fingerprint density at radius 2 is 2.00 bits per heavy atom. The first-order valence-electron chi connectivity index (χ1n) is 4.88. The first kappa shape index (κ1) is 10.9. The Hall–Kier alpha value is -2.63. The zero-order valence-electron chi connectivity index (χ0n) is 8.79. The van der Waals surface area contributed by atoms with Crippen molar-refractivity contribution >= 4 is 17.5 Å². The number of phenolic OH excluding ortho intramolecular Hbond substituents is 1. The van der Waals surface area contributed by atoms with Gasteiger partial charge in [0, 0.05) is 12.4 Å². The third-order valence-corrected chi connectivity index (χ3v) is 1.96. The van der Waals surface area contributed by atoms with E-state index >= 15 is 0 Å². The number of rotatable bonds is 2. The molecule has 3 N–H and O–H groups in total. The van der Waals surface area contributed by atoms with Crippen LogP contribution in [0.15, 0.2) is 42.9 Å². The number of urea groups is 1. The minimum Gasteiger partial charge on any atom is -0.506 e. The van der Waals surface area contributed by atoms with E-state index in [1.165, 1.54) is 24.7 Å². The van der Waals surface area contributed by atoms with E-state index in [1.54, 1.807) is 18.2 Å². The third kappa shape index (κ3) is 2.91. The van der Waals surface area contributed by atoms with Gasteiger partial charge in [0.2, 0.25) is 0 Å². The van der Waals surface area contributed by atoms with Gasteiger partial charge >= 0.3 is 6.03 Å². The number of anilines is 2. The molecule has 2 amide bonds. The van der Waals surface area contributed by atoms with Gasteiger partial charge in [0.25, 0.3) is 0 Å². The number of carbonyl (C=O) groups is 1. The minimum atomic E-state index is -0.494. The average Bonchev–Trinajstić information content (AvgIpc) is 2.33. The summed E-state index contributed by atoms with van der Waals surface area (Å²) in [6.07, 6.45) is 4.39. The number of hydrogen-bond donors (Lipinski definition) is 3. The molecule has 2 rings (SSSR count). The van der Waals surface area contributed by atoms with Gasteiger partial charge in [-0.1, -0.05) is 12.1 Å². The number of benzene rings is 1. The number of nitrogens with zero attached hydrogens (tertiary/aromatic N) is 2. The maximum absolute atomic E-state index is 11.5. The van der Waals surface area contributed by atoms with Crippen molar-refractivity contribution in [2.24, 2.45) is 0 Å². The highest BCUT2D eigenvalue weighted by atomic mass is 16.3. The lowest BCUT2D eigenvalue weighted by Gasteiger charge is -2.07. The lowest BCUT2D eigenvalue weighted by Crippen LogP contribution is -2.20. The summed E-state index contributed by atoms with van der Waals surface area (Å²) in [6, 6.07) is 5.95. The monoisotopic (exact) mass is 230 g/mol. The van der Waals surface area contributed by atoms with Gasteiger partial charge in [0.1, 0.15) is 5.75 Å². The fraction of sp³-hybridized carbons (Fsp3) is 0. The topological polar surface area (TPSA) is 87.1 Å². The van der Waals surface area contributed by atoms with Gasteiger partial charge in [0.15, 0.2) is 5.82 Å². The predicted octanol–water partition coefficient (Wildman–Crippen LogP) is 1.83. The SMILES string of the molecule is O=C(Nc1cnccn1)Nc1ccccc1O. The van der Waals surface area contributed by atoms with Crippen LogP contribution < -0.4 is 10.6 Å². The van der Waals surface area contributed by atoms with Crippen LogP contribution in [-0.2, 0) is 0 Å². The summed E-state index contributed by atoms with van der Waals surface area (Å²) >= 11 is 0. The van der Waals surface area contributed by atoms with Crippen LogP contribution in [0.4, 0.5) is 16.3 Å². The average molecular weight is 230 g/mol. The molecule has 0 saturated heterocycles. The van der Waals surface area contributed by atoms with E-state index in [0.717, 1.165) is 0 Å². The highest BCUT2D eigenvalue weighted by Gasteiger charge is 2.05. The van der Waals surface area contributed by atoms with Crippen molar-refractivity contribution in [2.45, 2.75) is 0 Å². The molecule has 0 aliphatic rings. The quantitative estimate of drug-likeness (QED) is 0.687. The van der Waals surface area contributed by atoms with Crippen molar-refractivity contribution < 1.29 is 9.90 Å². The van der Waals surface area contributed by atoms with Gasteiger partial charge in [-0.3, -0.25) is 10.3 Å². The van der Waals surface area contributed by atoms with Crippen molar-refractivity contribution in [3.05, 3.63) is 42.9 Å². The highest BCUT2D eigenvalue weighted by Crippen LogP contribution is 2.21. The summed E-state index contributed by atoms with van der Waals surface area (Å²) in [4.78, 5) is 19.2. The Morgan fingerprint density at radius 3 is 2.71 bits per heavy atom. The number of phenols is 1. The molecule has 1 aromatic heterocycles. The lowest BCUT2D eigenvalue weighted by molar-refractivity contribution is 0.262.